The standard InChI is InChI=1S/C13H8N4O/c14-6-9-5-10-7-15-17-13(10)16-12(9)8-1-3-11(18)4-2-8/h1-5,7,18H,(H,15,16,17). The van der Waals surface area contributed by atoms with Gasteiger partial charge >= 0.3 is 0 Å². The van der Waals surface area contributed by atoms with Crippen LogP contribution in [0.4, 0.5) is 0 Å². The predicted molar refractivity (Wildman–Crippen MR) is 65.7 cm³/mol. The monoisotopic (exact) mass is 236 g/mol. The van der Waals surface area contributed by atoms with Gasteiger partial charge in [0.25, 0.3) is 0 Å². The molecule has 3 aromatic rings. The number of nitrogens with one attached hydrogen (secondary N) is 1. The maximum atomic E-state index is 9.27. The molecular formula is C13H8N4O. The van der Waals surface area contributed by atoms with Crippen molar-refractivity contribution in [3.8, 4) is 23.1 Å². The number of aromatic amines is 1. The van der Waals surface area contributed by atoms with E-state index in [2.05, 4.69) is 21.3 Å². The van der Waals surface area contributed by atoms with Crippen LogP contribution in [0.25, 0.3) is 22.3 Å². The first-order chi connectivity index (χ1) is 8.78. The van der Waals surface area contributed by atoms with E-state index in [1.807, 2.05) is 0 Å². The molecule has 0 bridgehead atoms. The molecule has 0 atom stereocenters. The molecule has 0 saturated heterocycles. The van der Waals surface area contributed by atoms with Gasteiger partial charge in [0.2, 0.25) is 0 Å². The van der Waals surface area contributed by atoms with E-state index in [0.717, 1.165) is 10.9 Å². The number of phenolic OH excluding ortho intramolecular Hbond substituents is 1. The molecule has 2 N–H and O–H groups in total. The molecule has 0 aliphatic rings. The van der Waals surface area contributed by atoms with Crippen molar-refractivity contribution < 1.29 is 5.11 Å². The minimum Gasteiger partial charge on any atom is -0.508 e. The van der Waals surface area contributed by atoms with Crippen LogP contribution in [0.15, 0.2) is 36.5 Å². The Bertz CT molecular complexity index is 753. The molecular weight excluding hydrogens is 228 g/mol. The highest BCUT2D eigenvalue weighted by atomic mass is 16.3. The zero-order valence-corrected chi connectivity index (χ0v) is 9.25. The number of aromatic hydroxyl groups is 1. The number of phenols is 1. The van der Waals surface area contributed by atoms with Crippen molar-refractivity contribution in [3.05, 3.63) is 42.1 Å². The van der Waals surface area contributed by atoms with Gasteiger partial charge in [0.05, 0.1) is 17.5 Å². The van der Waals surface area contributed by atoms with Crippen molar-refractivity contribution in [2.24, 2.45) is 0 Å². The Hall–Kier alpha value is -2.87. The van der Waals surface area contributed by atoms with Gasteiger partial charge in [0.1, 0.15) is 11.8 Å². The summed E-state index contributed by atoms with van der Waals surface area (Å²) < 4.78 is 0. The number of nitrogens with zero attached hydrogens (tertiary/aromatic N) is 3. The summed E-state index contributed by atoms with van der Waals surface area (Å²) in [7, 11) is 0. The Labute approximate surface area is 102 Å². The highest BCUT2D eigenvalue weighted by Crippen LogP contribution is 2.25. The zero-order chi connectivity index (χ0) is 12.5. The summed E-state index contributed by atoms with van der Waals surface area (Å²) in [6.45, 7) is 0. The number of fused-ring (bicyclic) bond motifs is 1. The molecule has 0 amide bonds. The summed E-state index contributed by atoms with van der Waals surface area (Å²) in [5.74, 6) is 0.180. The SMILES string of the molecule is N#Cc1cc2cn[nH]c2nc1-c1ccc(O)cc1. The quantitative estimate of drug-likeness (QED) is 0.678. The third-order valence-electron chi connectivity index (χ3n) is 2.69. The number of benzene rings is 1. The molecule has 2 aromatic heterocycles. The summed E-state index contributed by atoms with van der Waals surface area (Å²) in [4.78, 5) is 4.38. The van der Waals surface area contributed by atoms with Crippen LogP contribution in [0, 0.1) is 11.3 Å². The summed E-state index contributed by atoms with van der Waals surface area (Å²) in [6, 6.07) is 10.4. The van der Waals surface area contributed by atoms with Gasteiger partial charge in [0.15, 0.2) is 5.65 Å². The maximum absolute atomic E-state index is 9.27. The Kier molecular flexibility index (Phi) is 2.21. The van der Waals surface area contributed by atoms with E-state index in [-0.39, 0.29) is 5.75 Å². The third kappa shape index (κ3) is 1.57. The first kappa shape index (κ1) is 10.3. The minimum atomic E-state index is 0.180. The Morgan fingerprint density at radius 1 is 1.22 bits per heavy atom. The van der Waals surface area contributed by atoms with E-state index in [0.29, 0.717) is 16.9 Å². The summed E-state index contributed by atoms with van der Waals surface area (Å²) in [6.07, 6.45) is 1.63. The topological polar surface area (TPSA) is 85.6 Å². The fourth-order valence-electron chi connectivity index (χ4n) is 1.80. The van der Waals surface area contributed by atoms with Gasteiger partial charge in [-0.2, -0.15) is 10.4 Å². The number of rotatable bonds is 1. The van der Waals surface area contributed by atoms with Crippen LogP contribution >= 0.6 is 0 Å². The minimum absolute atomic E-state index is 0.180. The van der Waals surface area contributed by atoms with Crippen LogP contribution in [-0.4, -0.2) is 20.3 Å². The van der Waals surface area contributed by atoms with E-state index in [1.54, 1.807) is 36.5 Å². The van der Waals surface area contributed by atoms with Crippen molar-refractivity contribution in [1.29, 1.82) is 5.26 Å². The van der Waals surface area contributed by atoms with E-state index >= 15 is 0 Å². The lowest BCUT2D eigenvalue weighted by Gasteiger charge is -2.03. The van der Waals surface area contributed by atoms with Crippen molar-refractivity contribution in [2.45, 2.75) is 0 Å². The van der Waals surface area contributed by atoms with E-state index in [1.165, 1.54) is 0 Å². The van der Waals surface area contributed by atoms with Gasteiger partial charge < -0.3 is 5.11 Å². The van der Waals surface area contributed by atoms with Crippen molar-refractivity contribution >= 4 is 11.0 Å². The number of pyridine rings is 1. The number of aromatic nitrogens is 3. The molecule has 5 nitrogen and oxygen atoms in total. The smallest absolute Gasteiger partial charge is 0.155 e. The lowest BCUT2D eigenvalue weighted by Crippen LogP contribution is -1.90. The zero-order valence-electron chi connectivity index (χ0n) is 9.25. The molecule has 0 aliphatic carbocycles. The van der Waals surface area contributed by atoms with Gasteiger partial charge in [-0.05, 0) is 30.3 Å². The average molecular weight is 236 g/mol. The number of hydrogen-bond acceptors (Lipinski definition) is 4. The van der Waals surface area contributed by atoms with E-state index in [4.69, 9.17) is 5.26 Å². The van der Waals surface area contributed by atoms with Crippen molar-refractivity contribution in [2.75, 3.05) is 0 Å². The van der Waals surface area contributed by atoms with Crippen LogP contribution in [0.1, 0.15) is 5.56 Å². The molecule has 0 aliphatic heterocycles. The van der Waals surface area contributed by atoms with Crippen LogP contribution in [-0.2, 0) is 0 Å². The second-order valence-corrected chi connectivity index (χ2v) is 3.85. The second kappa shape index (κ2) is 3.86. The molecule has 2 heterocycles. The summed E-state index contributed by atoms with van der Waals surface area (Å²) in [5, 5.41) is 25.9. The molecule has 1 aromatic carbocycles. The highest BCUT2D eigenvalue weighted by molar-refractivity contribution is 5.81. The first-order valence-electron chi connectivity index (χ1n) is 5.31. The number of hydrogen-bond donors (Lipinski definition) is 2. The van der Waals surface area contributed by atoms with E-state index in [9.17, 15) is 5.11 Å². The molecule has 86 valence electrons. The van der Waals surface area contributed by atoms with Crippen molar-refractivity contribution in [3.63, 3.8) is 0 Å². The molecule has 0 spiro atoms. The Morgan fingerprint density at radius 3 is 2.72 bits per heavy atom. The maximum Gasteiger partial charge on any atom is 0.155 e. The largest absolute Gasteiger partial charge is 0.508 e. The molecule has 0 saturated carbocycles. The fourth-order valence-corrected chi connectivity index (χ4v) is 1.80. The van der Waals surface area contributed by atoms with E-state index < -0.39 is 0 Å². The molecule has 0 fully saturated rings. The third-order valence-corrected chi connectivity index (χ3v) is 2.69. The van der Waals surface area contributed by atoms with Gasteiger partial charge in [0, 0.05) is 10.9 Å². The van der Waals surface area contributed by atoms with Gasteiger partial charge in [-0.3, -0.25) is 5.10 Å². The van der Waals surface area contributed by atoms with Gasteiger partial charge in [-0.1, -0.05) is 0 Å². The van der Waals surface area contributed by atoms with Gasteiger partial charge in [-0.25, -0.2) is 4.98 Å². The molecule has 18 heavy (non-hydrogen) atoms. The average Bonchev–Trinajstić information content (AvgIpc) is 2.85. The first-order valence-corrected chi connectivity index (χ1v) is 5.31. The molecule has 0 radical (unpaired) electrons. The molecule has 5 heteroatoms. The van der Waals surface area contributed by atoms with Crippen LogP contribution in [0.3, 0.4) is 0 Å². The van der Waals surface area contributed by atoms with Crippen LogP contribution in [0.5, 0.6) is 5.75 Å². The van der Waals surface area contributed by atoms with Crippen LogP contribution in [0.2, 0.25) is 0 Å². The fraction of sp³-hybridized carbons (Fsp3) is 0. The highest BCUT2D eigenvalue weighted by Gasteiger charge is 2.10. The normalized spacial score (nSPS) is 10.4. The molecule has 3 rings (SSSR count). The predicted octanol–water partition coefficient (Wildman–Crippen LogP) is 2.20. The van der Waals surface area contributed by atoms with Gasteiger partial charge in [-0.15, -0.1) is 0 Å². The molecule has 0 unspecified atom stereocenters. The second-order valence-electron chi connectivity index (χ2n) is 3.85. The lowest BCUT2D eigenvalue weighted by molar-refractivity contribution is 0.475. The summed E-state index contributed by atoms with van der Waals surface area (Å²) in [5.41, 5.74) is 2.47. The lowest BCUT2D eigenvalue weighted by atomic mass is 10.1. The Balaban J connectivity index is 2.26. The number of H-pyrrole nitrogens is 1. The summed E-state index contributed by atoms with van der Waals surface area (Å²) >= 11 is 0. The Morgan fingerprint density at radius 2 is 2.00 bits per heavy atom. The van der Waals surface area contributed by atoms with Crippen molar-refractivity contribution in [1.82, 2.24) is 15.2 Å². The number of nitriles is 1. The van der Waals surface area contributed by atoms with Crippen LogP contribution < -0.4 is 0 Å².